The third-order valence-electron chi connectivity index (χ3n) is 5.62. The van der Waals surface area contributed by atoms with Gasteiger partial charge in [0.15, 0.2) is 11.2 Å². The highest BCUT2D eigenvalue weighted by Crippen LogP contribution is 2.25. The number of benzene rings is 1. The van der Waals surface area contributed by atoms with Crippen molar-refractivity contribution in [1.82, 2.24) is 19.1 Å². The molecule has 0 saturated carbocycles. The van der Waals surface area contributed by atoms with Crippen molar-refractivity contribution in [1.29, 1.82) is 5.26 Å². The van der Waals surface area contributed by atoms with Gasteiger partial charge in [-0.3, -0.25) is 13.9 Å². The van der Waals surface area contributed by atoms with E-state index < -0.39 is 6.09 Å². The molecule has 1 atom stereocenters. The number of nitriles is 1. The molecule has 3 aromatic rings. The van der Waals surface area contributed by atoms with E-state index in [1.807, 2.05) is 4.90 Å². The first-order chi connectivity index (χ1) is 16.4. The molecule has 0 bridgehead atoms. The predicted molar refractivity (Wildman–Crippen MR) is 126 cm³/mol. The van der Waals surface area contributed by atoms with Crippen molar-refractivity contribution in [3.05, 3.63) is 51.0 Å². The predicted octanol–water partition coefficient (Wildman–Crippen LogP) is 2.25. The van der Waals surface area contributed by atoms with E-state index in [-0.39, 0.29) is 41.2 Å². The van der Waals surface area contributed by atoms with E-state index in [1.165, 1.54) is 4.57 Å². The molecule has 10 nitrogen and oxygen atoms in total. The van der Waals surface area contributed by atoms with Crippen LogP contribution >= 0.6 is 11.6 Å². The van der Waals surface area contributed by atoms with Crippen LogP contribution in [0.2, 0.25) is 5.28 Å². The van der Waals surface area contributed by atoms with Gasteiger partial charge in [0.2, 0.25) is 11.2 Å². The molecular formula is C23H22ClN7O3. The van der Waals surface area contributed by atoms with Crippen LogP contribution in [0.4, 0.5) is 10.7 Å². The van der Waals surface area contributed by atoms with Crippen molar-refractivity contribution in [2.24, 2.45) is 5.73 Å². The van der Waals surface area contributed by atoms with Crippen LogP contribution in [0.5, 0.6) is 0 Å². The second-order valence-electron chi connectivity index (χ2n) is 7.79. The summed E-state index contributed by atoms with van der Waals surface area (Å²) in [5.41, 5.74) is 6.36. The number of piperidine rings is 1. The molecule has 1 saturated heterocycles. The Morgan fingerprint density at radius 3 is 2.85 bits per heavy atom. The Balaban J connectivity index is 1.82. The van der Waals surface area contributed by atoms with E-state index in [2.05, 4.69) is 27.9 Å². The smallest absolute Gasteiger partial charge is 0.404 e. The molecule has 1 amide bonds. The van der Waals surface area contributed by atoms with Crippen molar-refractivity contribution in [3.8, 4) is 17.9 Å². The van der Waals surface area contributed by atoms with Crippen molar-refractivity contribution < 1.29 is 9.53 Å². The zero-order valence-electron chi connectivity index (χ0n) is 18.5. The molecule has 3 heterocycles. The number of hydrogen-bond acceptors (Lipinski definition) is 7. The Labute approximate surface area is 200 Å². The Bertz CT molecular complexity index is 1410. The number of nitrogens with two attached hydrogens (primary N) is 1. The van der Waals surface area contributed by atoms with Gasteiger partial charge in [0.1, 0.15) is 6.10 Å². The van der Waals surface area contributed by atoms with Gasteiger partial charge in [-0.15, -0.1) is 5.92 Å². The van der Waals surface area contributed by atoms with E-state index in [9.17, 15) is 14.9 Å². The van der Waals surface area contributed by atoms with Crippen molar-refractivity contribution in [2.45, 2.75) is 39.0 Å². The van der Waals surface area contributed by atoms with Gasteiger partial charge in [0.25, 0.3) is 5.56 Å². The number of halogens is 1. The molecule has 11 heteroatoms. The quantitative estimate of drug-likeness (QED) is 0.438. The Morgan fingerprint density at radius 1 is 1.32 bits per heavy atom. The van der Waals surface area contributed by atoms with E-state index in [0.29, 0.717) is 36.6 Å². The van der Waals surface area contributed by atoms with Crippen LogP contribution < -0.4 is 16.2 Å². The van der Waals surface area contributed by atoms with Crippen LogP contribution in [0.25, 0.3) is 11.2 Å². The average Bonchev–Trinajstić information content (AvgIpc) is 3.18. The molecule has 0 aliphatic carbocycles. The summed E-state index contributed by atoms with van der Waals surface area (Å²) in [7, 11) is 0. The van der Waals surface area contributed by atoms with E-state index >= 15 is 0 Å². The topological polar surface area (TPSA) is 132 Å². The summed E-state index contributed by atoms with van der Waals surface area (Å²) in [5, 5.41) is 9.38. The number of amides is 1. The molecule has 0 radical (unpaired) electrons. The highest BCUT2D eigenvalue weighted by Gasteiger charge is 2.28. The lowest BCUT2D eigenvalue weighted by atomic mass is 10.1. The Morgan fingerprint density at radius 2 is 2.12 bits per heavy atom. The number of imidazole rings is 1. The molecular weight excluding hydrogens is 458 g/mol. The van der Waals surface area contributed by atoms with E-state index in [0.717, 1.165) is 6.42 Å². The van der Waals surface area contributed by atoms with Crippen LogP contribution in [0.3, 0.4) is 0 Å². The minimum Gasteiger partial charge on any atom is -0.445 e. The number of hydrogen-bond donors (Lipinski definition) is 1. The monoisotopic (exact) mass is 479 g/mol. The summed E-state index contributed by atoms with van der Waals surface area (Å²) in [6, 6.07) is 9.13. The lowest BCUT2D eigenvalue weighted by Crippen LogP contribution is -2.42. The molecule has 1 aliphatic rings. The lowest BCUT2D eigenvalue weighted by molar-refractivity contribution is 0.0962. The number of ether oxygens (including phenoxy) is 1. The molecule has 1 fully saturated rings. The molecule has 2 aromatic heterocycles. The number of carbonyl (C=O) groups is 1. The number of anilines is 1. The second kappa shape index (κ2) is 9.86. The molecule has 4 rings (SSSR count). The van der Waals surface area contributed by atoms with Gasteiger partial charge in [-0.2, -0.15) is 15.2 Å². The average molecular weight is 480 g/mol. The highest BCUT2D eigenvalue weighted by atomic mass is 35.5. The Hall–Kier alpha value is -4.02. The van der Waals surface area contributed by atoms with E-state index in [4.69, 9.17) is 22.1 Å². The molecule has 2 N–H and O–H groups in total. The van der Waals surface area contributed by atoms with Crippen LogP contribution in [0.1, 0.15) is 30.9 Å². The van der Waals surface area contributed by atoms with Crippen molar-refractivity contribution in [2.75, 3.05) is 18.0 Å². The van der Waals surface area contributed by atoms with E-state index in [1.54, 1.807) is 35.8 Å². The first-order valence-electron chi connectivity index (χ1n) is 10.7. The third kappa shape index (κ3) is 4.54. The van der Waals surface area contributed by atoms with Crippen molar-refractivity contribution >= 4 is 34.8 Å². The van der Waals surface area contributed by atoms with Crippen molar-refractivity contribution in [3.63, 3.8) is 0 Å². The maximum Gasteiger partial charge on any atom is 0.404 e. The van der Waals surface area contributed by atoms with Crippen LogP contribution in [0, 0.1) is 23.2 Å². The lowest BCUT2D eigenvalue weighted by Gasteiger charge is -2.32. The standard InChI is InChI=1S/C23H22ClN7O3/c1-2-3-11-30-18-19(28-23(30)29-10-6-9-17(14-29)34-22(26)33)27-21(24)31(20(18)32)13-16-8-5-4-7-15(16)12-25/h4-5,7-8,17H,6,9-11,13-14H2,1H3,(H2,26,33). The SMILES string of the molecule is CC#CCn1c(N2CCCC(OC(N)=O)C2)nc2nc(Cl)n(Cc3ccccc3C#N)c(=O)c21. The maximum atomic E-state index is 13.6. The van der Waals surface area contributed by atoms with Gasteiger partial charge in [-0.05, 0) is 43.0 Å². The number of carbonyl (C=O) groups excluding carboxylic acids is 1. The van der Waals surface area contributed by atoms with Gasteiger partial charge >= 0.3 is 6.09 Å². The van der Waals surface area contributed by atoms with Crippen LogP contribution in [-0.4, -0.2) is 44.4 Å². The zero-order valence-corrected chi connectivity index (χ0v) is 19.2. The number of fused-ring (bicyclic) bond motifs is 1. The fourth-order valence-electron chi connectivity index (χ4n) is 4.08. The van der Waals surface area contributed by atoms with Gasteiger partial charge in [0.05, 0.1) is 31.3 Å². The summed E-state index contributed by atoms with van der Waals surface area (Å²) in [5.74, 6) is 6.32. The molecule has 0 spiro atoms. The Kier molecular flexibility index (Phi) is 6.71. The highest BCUT2D eigenvalue weighted by molar-refractivity contribution is 6.28. The maximum absolute atomic E-state index is 13.6. The summed E-state index contributed by atoms with van der Waals surface area (Å²) in [6.45, 7) is 3.04. The van der Waals surface area contributed by atoms with Gasteiger partial charge < -0.3 is 15.4 Å². The summed E-state index contributed by atoms with van der Waals surface area (Å²) in [6.07, 6.45) is 0.228. The first-order valence-corrected chi connectivity index (χ1v) is 11.1. The van der Waals surface area contributed by atoms with Gasteiger partial charge in [0, 0.05) is 6.54 Å². The number of primary amides is 1. The minimum atomic E-state index is -0.828. The molecule has 174 valence electrons. The molecule has 1 unspecified atom stereocenters. The molecule has 34 heavy (non-hydrogen) atoms. The number of nitrogens with zero attached hydrogens (tertiary/aromatic N) is 6. The second-order valence-corrected chi connectivity index (χ2v) is 8.12. The van der Waals surface area contributed by atoms with Gasteiger partial charge in [-0.25, -0.2) is 4.79 Å². The fraction of sp³-hybridized carbons (Fsp3) is 0.348. The molecule has 1 aliphatic heterocycles. The van der Waals surface area contributed by atoms with Crippen LogP contribution in [-0.2, 0) is 17.8 Å². The summed E-state index contributed by atoms with van der Waals surface area (Å²) < 4.78 is 8.21. The third-order valence-corrected chi connectivity index (χ3v) is 5.91. The summed E-state index contributed by atoms with van der Waals surface area (Å²) in [4.78, 5) is 35.7. The normalized spacial score (nSPS) is 15.4. The zero-order chi connectivity index (χ0) is 24.2. The summed E-state index contributed by atoms with van der Waals surface area (Å²) >= 11 is 6.39. The largest absolute Gasteiger partial charge is 0.445 e. The molecule has 1 aromatic carbocycles. The van der Waals surface area contributed by atoms with Gasteiger partial charge in [-0.1, -0.05) is 24.1 Å². The minimum absolute atomic E-state index is 0.0309. The fourth-order valence-corrected chi connectivity index (χ4v) is 4.30. The first kappa shape index (κ1) is 23.1. The van der Waals surface area contributed by atoms with Crippen LogP contribution in [0.15, 0.2) is 29.1 Å². The number of aromatic nitrogens is 4. The number of rotatable bonds is 5.